The first-order valence-corrected chi connectivity index (χ1v) is 4.30. The molecule has 1 rings (SSSR count). The molecule has 1 aromatic heterocycles. The minimum absolute atomic E-state index is 0.197. The van der Waals surface area contributed by atoms with Crippen LogP contribution < -0.4 is 11.1 Å². The van der Waals surface area contributed by atoms with Gasteiger partial charge in [-0.15, -0.1) is 0 Å². The summed E-state index contributed by atoms with van der Waals surface area (Å²) in [5, 5.41) is 2.58. The maximum absolute atomic E-state index is 11.3. The molecular weight excluding hydrogens is 168 g/mol. The van der Waals surface area contributed by atoms with Crippen LogP contribution in [0.5, 0.6) is 0 Å². The van der Waals surface area contributed by atoms with E-state index in [9.17, 15) is 4.79 Å². The van der Waals surface area contributed by atoms with Crippen LogP contribution in [-0.4, -0.2) is 21.9 Å². The molecule has 0 spiro atoms. The maximum atomic E-state index is 11.3. The maximum Gasteiger partial charge on any atom is 0.243 e. The van der Waals surface area contributed by atoms with Crippen molar-refractivity contribution in [2.24, 2.45) is 5.73 Å². The fraction of sp³-hybridized carbons (Fsp3) is 0.500. The van der Waals surface area contributed by atoms with Crippen molar-refractivity contribution in [1.29, 1.82) is 0 Å². The Morgan fingerprint density at radius 1 is 1.85 bits per heavy atom. The van der Waals surface area contributed by atoms with Crippen molar-refractivity contribution >= 4 is 11.9 Å². The molecule has 0 aliphatic rings. The Morgan fingerprint density at radius 2 is 2.62 bits per heavy atom. The predicted molar refractivity (Wildman–Crippen MR) is 50.1 cm³/mol. The molecule has 1 heterocycles. The monoisotopic (exact) mass is 182 g/mol. The molecule has 0 fully saturated rings. The van der Waals surface area contributed by atoms with Crippen molar-refractivity contribution in [1.82, 2.24) is 9.97 Å². The Bertz CT molecular complexity index is 257. The van der Waals surface area contributed by atoms with Gasteiger partial charge in [-0.3, -0.25) is 10.1 Å². The molecule has 0 bridgehead atoms. The lowest BCUT2D eigenvalue weighted by Gasteiger charge is -2.08. The van der Waals surface area contributed by atoms with E-state index in [1.807, 2.05) is 6.92 Å². The minimum atomic E-state index is -0.449. The van der Waals surface area contributed by atoms with Gasteiger partial charge in [-0.1, -0.05) is 13.3 Å². The topological polar surface area (TPSA) is 83.8 Å². The van der Waals surface area contributed by atoms with E-state index in [4.69, 9.17) is 5.73 Å². The van der Waals surface area contributed by atoms with E-state index in [0.717, 1.165) is 6.42 Å². The number of imidazole rings is 1. The van der Waals surface area contributed by atoms with Crippen LogP contribution in [0.3, 0.4) is 0 Å². The Kier molecular flexibility index (Phi) is 3.45. The van der Waals surface area contributed by atoms with Crippen LogP contribution in [0.25, 0.3) is 0 Å². The van der Waals surface area contributed by atoms with Gasteiger partial charge in [0.2, 0.25) is 11.9 Å². The van der Waals surface area contributed by atoms with Crippen LogP contribution in [0.1, 0.15) is 19.8 Å². The summed E-state index contributed by atoms with van der Waals surface area (Å²) < 4.78 is 0. The summed E-state index contributed by atoms with van der Waals surface area (Å²) in [7, 11) is 0. The van der Waals surface area contributed by atoms with Gasteiger partial charge in [0.15, 0.2) is 0 Å². The molecule has 1 atom stereocenters. The minimum Gasteiger partial charge on any atom is -0.331 e. The molecular formula is C8H14N4O. The van der Waals surface area contributed by atoms with Gasteiger partial charge in [0.1, 0.15) is 0 Å². The smallest absolute Gasteiger partial charge is 0.243 e. The first-order chi connectivity index (χ1) is 6.24. The zero-order valence-corrected chi connectivity index (χ0v) is 7.58. The number of H-pyrrole nitrogens is 1. The Morgan fingerprint density at radius 3 is 3.15 bits per heavy atom. The summed E-state index contributed by atoms with van der Waals surface area (Å²) >= 11 is 0. The first-order valence-electron chi connectivity index (χ1n) is 4.30. The SMILES string of the molecule is CCC[C@@H](N)C(=O)Nc1ncc[nH]1. The van der Waals surface area contributed by atoms with Crippen molar-refractivity contribution in [2.45, 2.75) is 25.8 Å². The predicted octanol–water partition coefficient (Wildman–Crippen LogP) is 0.476. The number of nitrogens with two attached hydrogens (primary N) is 1. The fourth-order valence-corrected chi connectivity index (χ4v) is 0.985. The van der Waals surface area contributed by atoms with Gasteiger partial charge in [0.05, 0.1) is 6.04 Å². The number of nitrogens with zero attached hydrogens (tertiary/aromatic N) is 1. The number of anilines is 1. The third kappa shape index (κ3) is 2.87. The number of aromatic nitrogens is 2. The molecule has 0 aliphatic carbocycles. The zero-order chi connectivity index (χ0) is 9.68. The number of rotatable bonds is 4. The number of nitrogens with one attached hydrogen (secondary N) is 2. The number of carbonyl (C=O) groups excluding carboxylic acids is 1. The van der Waals surface area contributed by atoms with E-state index in [1.165, 1.54) is 0 Å². The van der Waals surface area contributed by atoms with Crippen molar-refractivity contribution < 1.29 is 4.79 Å². The lowest BCUT2D eigenvalue weighted by molar-refractivity contribution is -0.117. The van der Waals surface area contributed by atoms with Gasteiger partial charge in [-0.2, -0.15) is 0 Å². The second-order valence-corrected chi connectivity index (χ2v) is 2.82. The van der Waals surface area contributed by atoms with E-state index in [-0.39, 0.29) is 5.91 Å². The lowest BCUT2D eigenvalue weighted by atomic mass is 10.2. The highest BCUT2D eigenvalue weighted by atomic mass is 16.2. The van der Waals surface area contributed by atoms with Gasteiger partial charge in [-0.05, 0) is 6.42 Å². The van der Waals surface area contributed by atoms with Crippen LogP contribution in [0.15, 0.2) is 12.4 Å². The molecule has 0 aliphatic heterocycles. The van der Waals surface area contributed by atoms with Gasteiger partial charge >= 0.3 is 0 Å². The molecule has 72 valence electrons. The Hall–Kier alpha value is -1.36. The summed E-state index contributed by atoms with van der Waals surface area (Å²) in [6.07, 6.45) is 4.79. The third-order valence-electron chi connectivity index (χ3n) is 1.68. The number of amides is 1. The van der Waals surface area contributed by atoms with E-state index < -0.39 is 6.04 Å². The van der Waals surface area contributed by atoms with Gasteiger partial charge < -0.3 is 10.7 Å². The highest BCUT2D eigenvalue weighted by Gasteiger charge is 2.12. The van der Waals surface area contributed by atoms with Crippen LogP contribution in [-0.2, 0) is 4.79 Å². The molecule has 5 nitrogen and oxygen atoms in total. The lowest BCUT2D eigenvalue weighted by Crippen LogP contribution is -2.35. The molecule has 0 aromatic carbocycles. The molecule has 1 amide bonds. The molecule has 13 heavy (non-hydrogen) atoms. The van der Waals surface area contributed by atoms with Crippen molar-refractivity contribution in [3.05, 3.63) is 12.4 Å². The standard InChI is InChI=1S/C8H14N4O/c1-2-3-6(9)7(13)12-8-10-4-5-11-8/h4-6H,2-3,9H2,1H3,(H2,10,11,12,13)/t6-/m1/s1. The molecule has 0 unspecified atom stereocenters. The normalized spacial score (nSPS) is 12.5. The highest BCUT2D eigenvalue weighted by molar-refractivity contribution is 5.93. The first kappa shape index (κ1) is 9.73. The number of aromatic amines is 1. The highest BCUT2D eigenvalue weighted by Crippen LogP contribution is 1.99. The van der Waals surface area contributed by atoms with Crippen molar-refractivity contribution in [3.8, 4) is 0 Å². The largest absolute Gasteiger partial charge is 0.331 e. The zero-order valence-electron chi connectivity index (χ0n) is 7.58. The van der Waals surface area contributed by atoms with E-state index >= 15 is 0 Å². The molecule has 5 heteroatoms. The molecule has 0 saturated carbocycles. The van der Waals surface area contributed by atoms with E-state index in [2.05, 4.69) is 15.3 Å². The second kappa shape index (κ2) is 4.61. The number of carbonyl (C=O) groups is 1. The van der Waals surface area contributed by atoms with Crippen molar-refractivity contribution in [3.63, 3.8) is 0 Å². The fourth-order valence-electron chi connectivity index (χ4n) is 0.985. The van der Waals surface area contributed by atoms with Gasteiger partial charge in [0.25, 0.3) is 0 Å². The number of hydrogen-bond donors (Lipinski definition) is 3. The summed E-state index contributed by atoms with van der Waals surface area (Å²) in [6.45, 7) is 1.99. The van der Waals surface area contributed by atoms with Crippen LogP contribution in [0, 0.1) is 0 Å². The van der Waals surface area contributed by atoms with Crippen LogP contribution in [0.2, 0.25) is 0 Å². The van der Waals surface area contributed by atoms with E-state index in [0.29, 0.717) is 12.4 Å². The average Bonchev–Trinajstić information content (AvgIpc) is 2.57. The summed E-state index contributed by atoms with van der Waals surface area (Å²) in [4.78, 5) is 17.9. The van der Waals surface area contributed by atoms with Gasteiger partial charge in [0, 0.05) is 12.4 Å². The molecule has 4 N–H and O–H groups in total. The molecule has 0 saturated heterocycles. The third-order valence-corrected chi connectivity index (χ3v) is 1.68. The molecule has 0 radical (unpaired) electrons. The number of hydrogen-bond acceptors (Lipinski definition) is 3. The second-order valence-electron chi connectivity index (χ2n) is 2.82. The summed E-state index contributed by atoms with van der Waals surface area (Å²) in [5.74, 6) is 0.244. The Balaban J connectivity index is 2.41. The summed E-state index contributed by atoms with van der Waals surface area (Å²) in [5.41, 5.74) is 5.59. The van der Waals surface area contributed by atoms with Crippen molar-refractivity contribution in [2.75, 3.05) is 5.32 Å². The average molecular weight is 182 g/mol. The van der Waals surface area contributed by atoms with Gasteiger partial charge in [-0.25, -0.2) is 4.98 Å². The van der Waals surface area contributed by atoms with Crippen LogP contribution >= 0.6 is 0 Å². The van der Waals surface area contributed by atoms with E-state index in [1.54, 1.807) is 12.4 Å². The molecule has 1 aromatic rings. The summed E-state index contributed by atoms with van der Waals surface area (Å²) in [6, 6.07) is -0.449. The Labute approximate surface area is 76.7 Å². The quantitative estimate of drug-likeness (QED) is 0.633. The van der Waals surface area contributed by atoms with Crippen LogP contribution in [0.4, 0.5) is 5.95 Å².